The van der Waals surface area contributed by atoms with E-state index in [9.17, 15) is 37.2 Å². The molecule has 1 amide bonds. The molecule has 0 atom stereocenters. The molecule has 0 unspecified atom stereocenters. The van der Waals surface area contributed by atoms with Crippen LogP contribution in [0, 0.1) is 17.1 Å². The highest BCUT2D eigenvalue weighted by atomic mass is 19.4. The number of carboxylic acid groups (broad SMARTS) is 2. The van der Waals surface area contributed by atoms with Crippen molar-refractivity contribution in [3.8, 4) is 17.3 Å². The summed E-state index contributed by atoms with van der Waals surface area (Å²) in [6.07, 6.45) is 5.13. The molecule has 0 saturated carbocycles. The van der Waals surface area contributed by atoms with Gasteiger partial charge in [0.1, 0.15) is 17.5 Å². The van der Waals surface area contributed by atoms with Gasteiger partial charge in [-0.25, -0.2) is 19.3 Å². The first-order valence-electron chi connectivity index (χ1n) is 15.7. The number of carbonyl (C=O) groups is 3. The summed E-state index contributed by atoms with van der Waals surface area (Å²) in [6.45, 7) is 1.72. The Bertz CT molecular complexity index is 1870. The van der Waals surface area contributed by atoms with Gasteiger partial charge in [-0.2, -0.15) is 23.5 Å². The number of hydrogen-bond donors (Lipinski definition) is 3. The van der Waals surface area contributed by atoms with Gasteiger partial charge in [-0.05, 0) is 37.8 Å². The van der Waals surface area contributed by atoms with Crippen LogP contribution in [0.25, 0.3) is 22.3 Å². The summed E-state index contributed by atoms with van der Waals surface area (Å²) in [5, 5.41) is 31.3. The monoisotopic (exact) mass is 699 g/mol. The lowest BCUT2D eigenvalue weighted by atomic mass is 9.83. The summed E-state index contributed by atoms with van der Waals surface area (Å²) >= 11 is 0. The highest BCUT2D eigenvalue weighted by Gasteiger charge is 2.48. The molecule has 2 fully saturated rings. The van der Waals surface area contributed by atoms with Crippen molar-refractivity contribution < 1.29 is 42.2 Å². The third-order valence-corrected chi connectivity index (χ3v) is 8.79. The summed E-state index contributed by atoms with van der Waals surface area (Å²) in [6, 6.07) is 5.26. The SMILES string of the molecule is N#CCC1(n2cc(-c3ncnc4[nH]ccc34)cn2)CN(C2CCN(C(=O)c3ccnc(C(F)(F)F)c3F)CC2)C1.O=C(O)CCCCC(=O)O. The number of aromatic nitrogens is 6. The summed E-state index contributed by atoms with van der Waals surface area (Å²) in [5.41, 5.74) is -0.568. The lowest BCUT2D eigenvalue weighted by Gasteiger charge is -2.53. The van der Waals surface area contributed by atoms with Crippen molar-refractivity contribution in [1.29, 1.82) is 5.26 Å². The van der Waals surface area contributed by atoms with E-state index in [-0.39, 0.29) is 38.4 Å². The molecule has 6 rings (SSSR count). The van der Waals surface area contributed by atoms with Gasteiger partial charge in [0.2, 0.25) is 0 Å². The molecular weight excluding hydrogens is 666 g/mol. The predicted octanol–water partition coefficient (Wildman–Crippen LogP) is 4.32. The van der Waals surface area contributed by atoms with E-state index in [1.165, 1.54) is 11.2 Å². The number of H-pyrrole nitrogens is 1. The van der Waals surface area contributed by atoms with Crippen LogP contribution in [-0.2, 0) is 21.3 Å². The highest BCUT2D eigenvalue weighted by molar-refractivity contribution is 5.94. The summed E-state index contributed by atoms with van der Waals surface area (Å²) in [4.78, 5) is 51.0. The lowest BCUT2D eigenvalue weighted by Crippen LogP contribution is -2.66. The number of unbranched alkanes of at least 4 members (excludes halogenated alkanes) is 1. The molecular formula is C32H33F4N9O5. The molecule has 4 aromatic rings. The Hall–Kier alpha value is -5.44. The zero-order valence-corrected chi connectivity index (χ0v) is 26.6. The van der Waals surface area contributed by atoms with Gasteiger partial charge in [0.25, 0.3) is 5.91 Å². The van der Waals surface area contributed by atoms with E-state index in [0.29, 0.717) is 38.8 Å². The molecule has 4 aromatic heterocycles. The molecule has 0 aliphatic carbocycles. The minimum Gasteiger partial charge on any atom is -0.481 e. The molecule has 2 saturated heterocycles. The van der Waals surface area contributed by atoms with Crippen molar-refractivity contribution in [2.45, 2.75) is 62.7 Å². The molecule has 3 N–H and O–H groups in total. The third-order valence-electron chi connectivity index (χ3n) is 8.79. The maximum absolute atomic E-state index is 14.5. The number of hydrogen-bond acceptors (Lipinski definition) is 9. The standard InChI is InChI=1S/C26H23F4N9O.C6H10O4/c27-20-18(1-7-32-22(20)26(28,29)30)24(40)37-9-3-17(4-10-37)38-13-25(14-38,5-6-31)39-12-16(11-36-39)21-19-2-8-33-23(19)35-15-34-21;7-5(8)3-1-2-4-6(9)10/h1-2,7-8,11-12,15,17H,3-5,9-10,13-14H2,(H,33,34,35);1-4H2,(H,7,8)(H,9,10). The number of piperidine rings is 1. The van der Waals surface area contributed by atoms with E-state index >= 15 is 0 Å². The Morgan fingerprint density at radius 2 is 1.72 bits per heavy atom. The fourth-order valence-electron chi connectivity index (χ4n) is 6.22. The van der Waals surface area contributed by atoms with Crippen LogP contribution in [0.15, 0.2) is 43.2 Å². The zero-order valence-electron chi connectivity index (χ0n) is 26.6. The average Bonchev–Trinajstić information content (AvgIpc) is 3.75. The first-order chi connectivity index (χ1) is 23.8. The molecule has 0 radical (unpaired) electrons. The first-order valence-corrected chi connectivity index (χ1v) is 15.7. The molecule has 264 valence electrons. The van der Waals surface area contributed by atoms with Gasteiger partial charge in [0, 0.05) is 74.6 Å². The van der Waals surface area contributed by atoms with Gasteiger partial charge in [-0.1, -0.05) is 0 Å². The van der Waals surface area contributed by atoms with Crippen molar-refractivity contribution in [3.63, 3.8) is 0 Å². The van der Waals surface area contributed by atoms with Crippen LogP contribution >= 0.6 is 0 Å². The molecule has 6 heterocycles. The van der Waals surface area contributed by atoms with Crippen LogP contribution in [0.1, 0.15) is 61.0 Å². The fraction of sp³-hybridized carbons (Fsp3) is 0.438. The minimum absolute atomic E-state index is 0.0628. The average molecular weight is 700 g/mol. The van der Waals surface area contributed by atoms with E-state index in [0.717, 1.165) is 34.6 Å². The smallest absolute Gasteiger partial charge is 0.436 e. The zero-order chi connectivity index (χ0) is 36.1. The van der Waals surface area contributed by atoms with Crippen molar-refractivity contribution in [1.82, 2.24) is 39.5 Å². The summed E-state index contributed by atoms with van der Waals surface area (Å²) in [7, 11) is 0. The fourth-order valence-corrected chi connectivity index (χ4v) is 6.22. The van der Waals surface area contributed by atoms with Gasteiger partial charge in [-0.3, -0.25) is 24.0 Å². The second kappa shape index (κ2) is 15.0. The highest BCUT2D eigenvalue weighted by Crippen LogP contribution is 2.37. The topological polar surface area (TPSA) is 194 Å². The summed E-state index contributed by atoms with van der Waals surface area (Å²) < 4.78 is 55.4. The molecule has 2 aliphatic rings. The van der Waals surface area contributed by atoms with Gasteiger partial charge in [-0.15, -0.1) is 0 Å². The number of aliphatic carboxylic acids is 2. The van der Waals surface area contributed by atoms with Crippen molar-refractivity contribution >= 4 is 28.9 Å². The van der Waals surface area contributed by atoms with Crippen LogP contribution < -0.4 is 0 Å². The van der Waals surface area contributed by atoms with Gasteiger partial charge in [0.05, 0.1) is 29.9 Å². The largest absolute Gasteiger partial charge is 0.481 e. The van der Waals surface area contributed by atoms with Gasteiger partial charge in [0.15, 0.2) is 11.5 Å². The number of halogens is 4. The second-order valence-electron chi connectivity index (χ2n) is 12.1. The number of likely N-dealkylation sites (tertiary alicyclic amines) is 2. The number of carbonyl (C=O) groups excluding carboxylic acids is 1. The number of rotatable bonds is 10. The van der Waals surface area contributed by atoms with E-state index in [1.807, 2.05) is 16.9 Å². The van der Waals surface area contributed by atoms with E-state index in [1.54, 1.807) is 12.4 Å². The number of nitrogens with one attached hydrogen (secondary N) is 1. The van der Waals surface area contributed by atoms with Crippen molar-refractivity contribution in [2.24, 2.45) is 0 Å². The molecule has 0 spiro atoms. The third kappa shape index (κ3) is 7.88. The van der Waals surface area contributed by atoms with E-state index < -0.39 is 46.6 Å². The lowest BCUT2D eigenvalue weighted by molar-refractivity contribution is -0.143. The Morgan fingerprint density at radius 1 is 1.04 bits per heavy atom. The molecule has 2 aliphatic heterocycles. The normalized spacial score (nSPS) is 16.3. The van der Waals surface area contributed by atoms with Gasteiger partial charge >= 0.3 is 18.1 Å². The van der Waals surface area contributed by atoms with Crippen molar-refractivity contribution in [3.05, 3.63) is 60.3 Å². The van der Waals surface area contributed by atoms with Crippen LogP contribution in [0.5, 0.6) is 0 Å². The number of carboxylic acids is 2. The maximum Gasteiger partial charge on any atom is 0.436 e. The molecule has 0 bridgehead atoms. The summed E-state index contributed by atoms with van der Waals surface area (Å²) in [5.74, 6) is -4.17. The number of nitrogens with zero attached hydrogens (tertiary/aromatic N) is 8. The number of alkyl halides is 3. The predicted molar refractivity (Wildman–Crippen MR) is 167 cm³/mol. The number of nitriles is 1. The number of amides is 1. The maximum atomic E-state index is 14.5. The molecule has 14 nitrogen and oxygen atoms in total. The second-order valence-corrected chi connectivity index (χ2v) is 12.1. The Labute approximate surface area is 282 Å². The number of pyridine rings is 1. The molecule has 50 heavy (non-hydrogen) atoms. The quantitative estimate of drug-likeness (QED) is 0.158. The van der Waals surface area contributed by atoms with E-state index in [2.05, 4.69) is 36.0 Å². The Morgan fingerprint density at radius 3 is 2.34 bits per heavy atom. The van der Waals surface area contributed by atoms with E-state index in [4.69, 9.17) is 10.2 Å². The van der Waals surface area contributed by atoms with Crippen LogP contribution in [-0.4, -0.2) is 99.8 Å². The Balaban J connectivity index is 0.000000425. The Kier molecular flexibility index (Phi) is 10.7. The van der Waals surface area contributed by atoms with Crippen LogP contribution in [0.3, 0.4) is 0 Å². The van der Waals surface area contributed by atoms with Crippen LogP contribution in [0.4, 0.5) is 17.6 Å². The van der Waals surface area contributed by atoms with Gasteiger partial charge < -0.3 is 20.1 Å². The molecule has 0 aromatic carbocycles. The van der Waals surface area contributed by atoms with Crippen molar-refractivity contribution in [2.75, 3.05) is 26.2 Å². The molecule has 18 heteroatoms. The first kappa shape index (κ1) is 35.9. The number of aromatic amines is 1. The van der Waals surface area contributed by atoms with Crippen LogP contribution in [0.2, 0.25) is 0 Å². The number of fused-ring (bicyclic) bond motifs is 1. The minimum atomic E-state index is -4.99.